The molecule has 6 nitrogen and oxygen atoms in total. The molecule has 0 spiro atoms. The van der Waals surface area contributed by atoms with Crippen LogP contribution in [0.3, 0.4) is 0 Å². The third-order valence-electron chi connectivity index (χ3n) is 3.02. The van der Waals surface area contributed by atoms with Gasteiger partial charge in [-0.2, -0.15) is 0 Å². The lowest BCUT2D eigenvalue weighted by Crippen LogP contribution is -2.43. The lowest BCUT2D eigenvalue weighted by Gasteiger charge is -2.22. The lowest BCUT2D eigenvalue weighted by molar-refractivity contribution is 0.122. The van der Waals surface area contributed by atoms with E-state index >= 15 is 0 Å². The number of ether oxygens (including phenoxy) is 3. The molecule has 0 aliphatic rings. The molecule has 0 atom stereocenters. The minimum absolute atomic E-state index is 0.125. The maximum Gasteiger partial charge on any atom is 0.317 e. The summed E-state index contributed by atoms with van der Waals surface area (Å²) in [5.41, 5.74) is 1.02. The van der Waals surface area contributed by atoms with Crippen molar-refractivity contribution in [2.75, 3.05) is 47.6 Å². The highest BCUT2D eigenvalue weighted by atomic mass is 16.5. The van der Waals surface area contributed by atoms with Gasteiger partial charge >= 0.3 is 6.03 Å². The van der Waals surface area contributed by atoms with E-state index < -0.39 is 0 Å². The normalized spacial score (nSPS) is 10.2. The zero-order valence-electron chi connectivity index (χ0n) is 12.9. The van der Waals surface area contributed by atoms with Crippen LogP contribution in [0, 0.1) is 0 Å². The van der Waals surface area contributed by atoms with Gasteiger partial charge in [0.1, 0.15) is 5.75 Å². The third-order valence-corrected chi connectivity index (χ3v) is 3.02. The minimum Gasteiger partial charge on any atom is -0.497 e. The molecule has 0 heterocycles. The van der Waals surface area contributed by atoms with Crippen molar-refractivity contribution < 1.29 is 19.0 Å². The molecule has 0 aliphatic carbocycles. The average Bonchev–Trinajstić information content (AvgIpc) is 2.53. The van der Waals surface area contributed by atoms with E-state index in [0.29, 0.717) is 32.8 Å². The van der Waals surface area contributed by atoms with Crippen molar-refractivity contribution in [2.24, 2.45) is 0 Å². The van der Waals surface area contributed by atoms with Crippen LogP contribution >= 0.6 is 0 Å². The molecule has 0 radical (unpaired) electrons. The lowest BCUT2D eigenvalue weighted by atomic mass is 10.2. The maximum atomic E-state index is 12.1. The summed E-state index contributed by atoms with van der Waals surface area (Å²) in [5.74, 6) is 0.798. The molecular weight excluding hydrogens is 272 g/mol. The Kier molecular flexibility index (Phi) is 8.23. The van der Waals surface area contributed by atoms with Gasteiger partial charge in [0.05, 0.1) is 20.3 Å². The second-order valence-corrected chi connectivity index (χ2v) is 4.48. The number of nitrogens with one attached hydrogen (secondary N) is 1. The molecule has 1 N–H and O–H groups in total. The van der Waals surface area contributed by atoms with Gasteiger partial charge in [-0.1, -0.05) is 12.1 Å². The number of hydrogen-bond donors (Lipinski definition) is 1. The predicted molar refractivity (Wildman–Crippen MR) is 80.6 cm³/mol. The van der Waals surface area contributed by atoms with Gasteiger partial charge in [0.15, 0.2) is 0 Å². The number of amides is 2. The van der Waals surface area contributed by atoms with Crippen LogP contribution < -0.4 is 10.1 Å². The van der Waals surface area contributed by atoms with Crippen LogP contribution in [0.5, 0.6) is 5.75 Å². The fourth-order valence-corrected chi connectivity index (χ4v) is 1.75. The van der Waals surface area contributed by atoms with E-state index in [0.717, 1.165) is 11.3 Å². The quantitative estimate of drug-likeness (QED) is 0.750. The summed E-state index contributed by atoms with van der Waals surface area (Å²) < 4.78 is 15.1. The molecular formula is C15H24N2O4. The topological polar surface area (TPSA) is 60.0 Å². The molecule has 0 bridgehead atoms. The highest BCUT2D eigenvalue weighted by Crippen LogP contribution is 2.11. The highest BCUT2D eigenvalue weighted by Gasteiger charge is 2.12. The van der Waals surface area contributed by atoms with Crippen molar-refractivity contribution in [3.05, 3.63) is 29.8 Å². The Bertz CT molecular complexity index is 401. The van der Waals surface area contributed by atoms with E-state index in [1.165, 1.54) is 0 Å². The van der Waals surface area contributed by atoms with Gasteiger partial charge in [0, 0.05) is 33.9 Å². The number of nitrogens with zero attached hydrogens (tertiary/aromatic N) is 1. The van der Waals surface area contributed by atoms with E-state index in [9.17, 15) is 4.79 Å². The van der Waals surface area contributed by atoms with Gasteiger partial charge < -0.3 is 24.4 Å². The average molecular weight is 296 g/mol. The molecule has 2 amide bonds. The zero-order valence-corrected chi connectivity index (χ0v) is 12.9. The zero-order chi connectivity index (χ0) is 15.5. The van der Waals surface area contributed by atoms with Crippen LogP contribution in [0.25, 0.3) is 0 Å². The first-order chi connectivity index (χ1) is 10.2. The molecule has 0 saturated carbocycles. The largest absolute Gasteiger partial charge is 0.497 e. The smallest absolute Gasteiger partial charge is 0.317 e. The molecule has 1 aromatic carbocycles. The molecule has 0 fully saturated rings. The Morgan fingerprint density at radius 2 is 1.62 bits per heavy atom. The number of urea groups is 1. The monoisotopic (exact) mass is 296 g/mol. The molecule has 21 heavy (non-hydrogen) atoms. The second kappa shape index (κ2) is 10.0. The fourth-order valence-electron chi connectivity index (χ4n) is 1.75. The van der Waals surface area contributed by atoms with Gasteiger partial charge in [0.25, 0.3) is 0 Å². The van der Waals surface area contributed by atoms with Crippen LogP contribution in [-0.2, 0) is 16.0 Å². The summed E-state index contributed by atoms with van der Waals surface area (Å²) in [6.07, 6.45) is 0. The summed E-state index contributed by atoms with van der Waals surface area (Å²) in [6, 6.07) is 7.46. The summed E-state index contributed by atoms with van der Waals surface area (Å²) in [6.45, 7) is 2.54. The van der Waals surface area contributed by atoms with Gasteiger partial charge in [-0.25, -0.2) is 4.79 Å². The van der Waals surface area contributed by atoms with Crippen molar-refractivity contribution in [1.82, 2.24) is 10.2 Å². The third kappa shape index (κ3) is 6.46. The number of carbonyl (C=O) groups excluding carboxylic acids is 1. The van der Waals surface area contributed by atoms with Crippen molar-refractivity contribution in [3.8, 4) is 5.75 Å². The van der Waals surface area contributed by atoms with Crippen LogP contribution in [0.4, 0.5) is 4.79 Å². The summed E-state index contributed by atoms with van der Waals surface area (Å²) >= 11 is 0. The highest BCUT2D eigenvalue weighted by molar-refractivity contribution is 5.74. The molecule has 1 aromatic rings. The van der Waals surface area contributed by atoms with E-state index in [-0.39, 0.29) is 6.03 Å². The number of hydrogen-bond acceptors (Lipinski definition) is 4. The number of benzene rings is 1. The van der Waals surface area contributed by atoms with Gasteiger partial charge in [-0.3, -0.25) is 0 Å². The van der Waals surface area contributed by atoms with Crippen molar-refractivity contribution in [1.29, 1.82) is 0 Å². The Hall–Kier alpha value is -1.79. The van der Waals surface area contributed by atoms with E-state index in [1.807, 2.05) is 24.3 Å². The molecule has 0 saturated heterocycles. The first-order valence-corrected chi connectivity index (χ1v) is 6.84. The van der Waals surface area contributed by atoms with Crippen molar-refractivity contribution in [3.63, 3.8) is 0 Å². The summed E-state index contributed by atoms with van der Waals surface area (Å²) in [4.78, 5) is 13.8. The van der Waals surface area contributed by atoms with E-state index in [4.69, 9.17) is 14.2 Å². The molecule has 1 rings (SSSR count). The van der Waals surface area contributed by atoms with E-state index in [1.54, 1.807) is 26.2 Å². The van der Waals surface area contributed by atoms with Gasteiger partial charge in [-0.15, -0.1) is 0 Å². The fraction of sp³-hybridized carbons (Fsp3) is 0.533. The number of carbonyl (C=O) groups is 1. The summed E-state index contributed by atoms with van der Waals surface area (Å²) in [7, 11) is 4.85. The molecule has 0 aliphatic heterocycles. The predicted octanol–water partition coefficient (Wildman–Crippen LogP) is 1.50. The van der Waals surface area contributed by atoms with Crippen LogP contribution in [0.1, 0.15) is 5.56 Å². The Morgan fingerprint density at radius 3 is 2.10 bits per heavy atom. The Morgan fingerprint density at radius 1 is 1.05 bits per heavy atom. The van der Waals surface area contributed by atoms with Crippen molar-refractivity contribution >= 4 is 6.03 Å². The molecule has 118 valence electrons. The summed E-state index contributed by atoms with van der Waals surface area (Å²) in [5, 5.41) is 2.89. The van der Waals surface area contributed by atoms with Gasteiger partial charge in [-0.05, 0) is 17.7 Å². The number of rotatable bonds is 9. The first kappa shape index (κ1) is 17.3. The standard InChI is InChI=1S/C15H24N2O4/c1-19-10-8-17(9-11-20-2)15(18)16-12-13-4-6-14(21-3)7-5-13/h4-7H,8-12H2,1-3H3,(H,16,18). The first-order valence-electron chi connectivity index (χ1n) is 6.84. The number of methoxy groups -OCH3 is 3. The Balaban J connectivity index is 2.46. The Labute approximate surface area is 126 Å². The SMILES string of the molecule is COCCN(CCOC)C(=O)NCc1ccc(OC)cc1. The molecule has 0 unspecified atom stereocenters. The molecule has 6 heteroatoms. The van der Waals surface area contributed by atoms with Gasteiger partial charge in [0.2, 0.25) is 0 Å². The van der Waals surface area contributed by atoms with Crippen LogP contribution in [0.2, 0.25) is 0 Å². The minimum atomic E-state index is -0.125. The van der Waals surface area contributed by atoms with Crippen molar-refractivity contribution in [2.45, 2.75) is 6.54 Å². The van der Waals surface area contributed by atoms with Crippen LogP contribution in [0.15, 0.2) is 24.3 Å². The molecule has 0 aromatic heterocycles. The van der Waals surface area contributed by atoms with E-state index in [2.05, 4.69) is 5.32 Å². The van der Waals surface area contributed by atoms with Crippen LogP contribution in [-0.4, -0.2) is 58.6 Å². The maximum absolute atomic E-state index is 12.1. The second-order valence-electron chi connectivity index (χ2n) is 4.48.